The number of para-hydroxylation sites is 2. The monoisotopic (exact) mass is 463 g/mol. The molecule has 1 aliphatic heterocycles. The Morgan fingerprint density at radius 1 is 0.971 bits per heavy atom. The van der Waals surface area contributed by atoms with Gasteiger partial charge in [-0.15, -0.1) is 5.10 Å². The number of hydrogen-bond donors (Lipinski definition) is 3. The summed E-state index contributed by atoms with van der Waals surface area (Å²) < 4.78 is 5.71. The lowest BCUT2D eigenvalue weighted by Gasteiger charge is -2.11. The number of nitrogens with one attached hydrogen (secondary N) is 2. The Balaban J connectivity index is 1.42. The van der Waals surface area contributed by atoms with E-state index in [0.29, 0.717) is 17.0 Å². The fourth-order valence-corrected chi connectivity index (χ4v) is 3.52. The van der Waals surface area contributed by atoms with E-state index >= 15 is 0 Å². The van der Waals surface area contributed by atoms with Gasteiger partial charge in [0, 0.05) is 23.5 Å². The first-order valence-electron chi connectivity index (χ1n) is 10.9. The van der Waals surface area contributed by atoms with Crippen LogP contribution in [0.2, 0.25) is 0 Å². The third kappa shape index (κ3) is 4.83. The number of carbonyl (C=O) groups excluding carboxylic acids is 1. The number of aromatic nitrogens is 2. The van der Waals surface area contributed by atoms with Crippen LogP contribution in [0.1, 0.15) is 17.0 Å². The Morgan fingerprint density at radius 2 is 1.69 bits per heavy atom. The zero-order valence-electron chi connectivity index (χ0n) is 18.5. The molecule has 1 atom stereocenters. The van der Waals surface area contributed by atoms with Gasteiger partial charge < -0.3 is 20.8 Å². The molecule has 0 fully saturated rings. The number of amides is 1. The van der Waals surface area contributed by atoms with Crippen molar-refractivity contribution in [2.45, 2.75) is 6.17 Å². The first kappa shape index (κ1) is 21.8. The summed E-state index contributed by atoms with van der Waals surface area (Å²) in [5, 5.41) is 13.9. The second kappa shape index (κ2) is 9.84. The second-order valence-electron chi connectivity index (χ2n) is 7.55. The van der Waals surface area contributed by atoms with Crippen LogP contribution >= 0.6 is 0 Å². The maximum atomic E-state index is 13.0. The minimum Gasteiger partial charge on any atom is -0.404 e. The van der Waals surface area contributed by atoms with Crippen molar-refractivity contribution in [1.82, 2.24) is 10.2 Å². The van der Waals surface area contributed by atoms with E-state index in [0.717, 1.165) is 16.8 Å². The Bertz CT molecular complexity index is 1430. The van der Waals surface area contributed by atoms with Crippen LogP contribution in [-0.2, 0) is 4.79 Å². The van der Waals surface area contributed by atoms with Gasteiger partial charge in [-0.05, 0) is 18.2 Å². The number of benzene rings is 3. The molecule has 1 amide bonds. The number of anilines is 2. The van der Waals surface area contributed by atoms with Crippen LogP contribution in [0.15, 0.2) is 106 Å². The third-order valence-electron chi connectivity index (χ3n) is 5.21. The zero-order chi connectivity index (χ0) is 24.0. The van der Waals surface area contributed by atoms with Gasteiger partial charge in [-0.2, -0.15) is 0 Å². The highest BCUT2D eigenvalue weighted by atomic mass is 16.4. The van der Waals surface area contributed by atoms with Crippen LogP contribution in [0.4, 0.5) is 17.4 Å². The molecule has 9 nitrogen and oxygen atoms in total. The molecule has 0 aliphatic carbocycles. The average molecular weight is 464 g/mol. The number of nitrogens with zero attached hydrogens (tertiary/aromatic N) is 4. The molecule has 0 unspecified atom stereocenters. The minimum atomic E-state index is -1.01. The van der Waals surface area contributed by atoms with Crippen molar-refractivity contribution in [3.8, 4) is 0 Å². The highest BCUT2D eigenvalue weighted by molar-refractivity contribution is 6.19. The van der Waals surface area contributed by atoms with Gasteiger partial charge in [-0.3, -0.25) is 9.79 Å². The molecule has 5 rings (SSSR count). The lowest BCUT2D eigenvalue weighted by atomic mass is 10.0. The molecule has 4 aromatic rings. The van der Waals surface area contributed by atoms with Crippen molar-refractivity contribution in [1.29, 1.82) is 0 Å². The number of benzodiazepines with no additional fused rings is 1. The Labute approximate surface area is 201 Å². The highest BCUT2D eigenvalue weighted by Crippen LogP contribution is 2.25. The van der Waals surface area contributed by atoms with Gasteiger partial charge in [0.2, 0.25) is 6.17 Å². The van der Waals surface area contributed by atoms with E-state index in [1.807, 2.05) is 84.9 Å². The van der Waals surface area contributed by atoms with Gasteiger partial charge in [-0.1, -0.05) is 71.8 Å². The van der Waals surface area contributed by atoms with Crippen molar-refractivity contribution in [3.63, 3.8) is 0 Å². The van der Waals surface area contributed by atoms with Gasteiger partial charge >= 0.3 is 6.01 Å². The normalized spacial score (nSPS) is 15.8. The summed E-state index contributed by atoms with van der Waals surface area (Å²) in [5.41, 5.74) is 9.95. The maximum absolute atomic E-state index is 13.0. The predicted molar refractivity (Wildman–Crippen MR) is 136 cm³/mol. The lowest BCUT2D eigenvalue weighted by molar-refractivity contribution is -0.116. The van der Waals surface area contributed by atoms with Crippen molar-refractivity contribution < 1.29 is 9.21 Å². The molecule has 172 valence electrons. The van der Waals surface area contributed by atoms with E-state index < -0.39 is 6.17 Å². The predicted octanol–water partition coefficient (Wildman–Crippen LogP) is 4.00. The molecule has 0 saturated heterocycles. The third-order valence-corrected chi connectivity index (χ3v) is 5.21. The van der Waals surface area contributed by atoms with Gasteiger partial charge in [0.25, 0.3) is 11.8 Å². The fraction of sp³-hybridized carbons (Fsp3) is 0.0385. The van der Waals surface area contributed by atoms with Gasteiger partial charge in [0.1, 0.15) is 0 Å². The van der Waals surface area contributed by atoms with Crippen LogP contribution < -0.4 is 16.4 Å². The molecule has 0 spiro atoms. The van der Waals surface area contributed by atoms with Crippen LogP contribution in [0, 0.1) is 0 Å². The quantitative estimate of drug-likeness (QED) is 0.371. The Morgan fingerprint density at radius 3 is 2.46 bits per heavy atom. The standard InChI is InChI=1S/C26H21N7O2/c27-15-18(16-28-19-11-5-2-6-12-19)25-32-33-26(35-25)31-23-24(34)29-21-14-8-7-13-20(21)22(30-23)17-9-3-1-4-10-17/h1-16,23H,27H2,(H,29,34)(H,31,33)/t23-/m1/s1. The fourth-order valence-electron chi connectivity index (χ4n) is 3.52. The molecule has 0 radical (unpaired) electrons. The van der Waals surface area contributed by atoms with Gasteiger partial charge in [0.15, 0.2) is 0 Å². The van der Waals surface area contributed by atoms with Crippen molar-refractivity contribution in [2.75, 3.05) is 10.6 Å². The first-order valence-corrected chi connectivity index (χ1v) is 10.9. The van der Waals surface area contributed by atoms with E-state index in [4.69, 9.17) is 15.1 Å². The number of carbonyl (C=O) groups is 1. The van der Waals surface area contributed by atoms with Crippen LogP contribution in [0.3, 0.4) is 0 Å². The van der Waals surface area contributed by atoms with Crippen molar-refractivity contribution >= 4 is 40.8 Å². The molecule has 1 aromatic heterocycles. The molecular weight excluding hydrogens is 442 g/mol. The summed E-state index contributed by atoms with van der Waals surface area (Å²) in [6.45, 7) is 0. The van der Waals surface area contributed by atoms with E-state index in [2.05, 4.69) is 25.8 Å². The van der Waals surface area contributed by atoms with E-state index in [1.165, 1.54) is 12.4 Å². The number of aliphatic imine (C=N–C) groups is 2. The van der Waals surface area contributed by atoms with E-state index in [1.54, 1.807) is 0 Å². The largest absolute Gasteiger partial charge is 0.404 e. The maximum Gasteiger partial charge on any atom is 0.317 e. The minimum absolute atomic E-state index is 0.0229. The summed E-state index contributed by atoms with van der Waals surface area (Å²) >= 11 is 0. The van der Waals surface area contributed by atoms with Crippen LogP contribution in [0.5, 0.6) is 0 Å². The lowest BCUT2D eigenvalue weighted by Crippen LogP contribution is -2.32. The Hall–Kier alpha value is -5.05. The molecule has 1 aliphatic rings. The smallest absolute Gasteiger partial charge is 0.317 e. The molecule has 0 saturated carbocycles. The number of rotatable bonds is 6. The number of fused-ring (bicyclic) bond motifs is 1. The number of nitrogens with two attached hydrogens (primary N) is 1. The number of allylic oxidation sites excluding steroid dienone is 1. The average Bonchev–Trinajstić information content (AvgIpc) is 3.31. The molecule has 0 bridgehead atoms. The molecule has 2 heterocycles. The Kier molecular flexibility index (Phi) is 6.12. The van der Waals surface area contributed by atoms with Crippen LogP contribution in [-0.4, -0.2) is 34.2 Å². The highest BCUT2D eigenvalue weighted by Gasteiger charge is 2.27. The van der Waals surface area contributed by atoms with Crippen molar-refractivity contribution in [2.24, 2.45) is 15.7 Å². The molecule has 3 aromatic carbocycles. The summed E-state index contributed by atoms with van der Waals surface area (Å²) in [7, 11) is 0. The summed E-state index contributed by atoms with van der Waals surface area (Å²) in [6, 6.07) is 26.6. The van der Waals surface area contributed by atoms with Gasteiger partial charge in [0.05, 0.1) is 22.7 Å². The van der Waals surface area contributed by atoms with Crippen molar-refractivity contribution in [3.05, 3.63) is 108 Å². The van der Waals surface area contributed by atoms with Gasteiger partial charge in [-0.25, -0.2) is 4.99 Å². The summed E-state index contributed by atoms with van der Waals surface area (Å²) in [4.78, 5) is 22.1. The second-order valence-corrected chi connectivity index (χ2v) is 7.55. The zero-order valence-corrected chi connectivity index (χ0v) is 18.5. The topological polar surface area (TPSA) is 131 Å². The molecule has 4 N–H and O–H groups in total. The van der Waals surface area contributed by atoms with Crippen LogP contribution in [0.25, 0.3) is 5.57 Å². The molecular formula is C26H21N7O2. The van der Waals surface area contributed by atoms with E-state index in [-0.39, 0.29) is 17.8 Å². The van der Waals surface area contributed by atoms with E-state index in [9.17, 15) is 4.79 Å². The first-order chi connectivity index (χ1) is 17.2. The molecule has 9 heteroatoms. The SMILES string of the molecule is NC=C(C=Nc1ccccc1)c1nnc(N[C@H]2N=C(c3ccccc3)c3ccccc3NC2=O)o1. The summed E-state index contributed by atoms with van der Waals surface area (Å²) in [6.07, 6.45) is 1.85. The molecule has 35 heavy (non-hydrogen) atoms. The number of hydrogen-bond acceptors (Lipinski definition) is 8. The summed E-state index contributed by atoms with van der Waals surface area (Å²) in [5.74, 6) is -0.206.